The van der Waals surface area contributed by atoms with Gasteiger partial charge in [-0.05, 0) is 49.5 Å². The van der Waals surface area contributed by atoms with Crippen molar-refractivity contribution in [2.75, 3.05) is 25.5 Å². The van der Waals surface area contributed by atoms with Gasteiger partial charge in [-0.25, -0.2) is 4.79 Å². The molecule has 2 amide bonds. The number of hydrogen-bond donors (Lipinski definition) is 5. The first-order chi connectivity index (χ1) is 15.1. The lowest BCUT2D eigenvalue weighted by molar-refractivity contribution is 0.244. The minimum atomic E-state index is -0.101. The fourth-order valence-corrected chi connectivity index (χ4v) is 4.95. The van der Waals surface area contributed by atoms with E-state index < -0.39 is 0 Å². The molecule has 0 aromatic heterocycles. The molecule has 0 spiro atoms. The zero-order chi connectivity index (χ0) is 21.6. The molecule has 7 nitrogen and oxygen atoms in total. The van der Waals surface area contributed by atoms with E-state index in [4.69, 9.17) is 5.41 Å². The Morgan fingerprint density at radius 1 is 1.16 bits per heavy atom. The molecule has 4 rings (SSSR count). The van der Waals surface area contributed by atoms with Crippen LogP contribution in [0.4, 0.5) is 10.5 Å². The summed E-state index contributed by atoms with van der Waals surface area (Å²) < 4.78 is 0. The molecule has 1 aliphatic carbocycles. The number of hydrogen-bond acceptors (Lipinski definition) is 4. The quantitative estimate of drug-likeness (QED) is 0.498. The normalized spacial score (nSPS) is 23.3. The lowest BCUT2D eigenvalue weighted by Crippen LogP contribution is -2.39. The summed E-state index contributed by atoms with van der Waals surface area (Å²) >= 11 is 0. The molecular formula is C24H34N6O. The Hall–Kier alpha value is -2.96. The third-order valence-corrected chi connectivity index (χ3v) is 6.53. The van der Waals surface area contributed by atoms with Gasteiger partial charge in [0.2, 0.25) is 0 Å². The summed E-state index contributed by atoms with van der Waals surface area (Å²) in [5, 5.41) is 20.5. The second-order valence-corrected chi connectivity index (χ2v) is 8.71. The number of amidine groups is 1. The maximum atomic E-state index is 12.4. The summed E-state index contributed by atoms with van der Waals surface area (Å²) in [6.45, 7) is 1.86. The van der Waals surface area contributed by atoms with Crippen molar-refractivity contribution in [3.8, 4) is 0 Å². The van der Waals surface area contributed by atoms with E-state index in [1.807, 2.05) is 31.5 Å². The lowest BCUT2D eigenvalue weighted by Gasteiger charge is -2.36. The van der Waals surface area contributed by atoms with Gasteiger partial charge in [-0.3, -0.25) is 5.41 Å². The van der Waals surface area contributed by atoms with Crippen molar-refractivity contribution >= 4 is 17.6 Å². The highest BCUT2D eigenvalue weighted by atomic mass is 16.2. The van der Waals surface area contributed by atoms with E-state index in [-0.39, 0.29) is 6.03 Å². The second-order valence-electron chi connectivity index (χ2n) is 8.71. The average Bonchev–Trinajstić information content (AvgIpc) is 3.21. The van der Waals surface area contributed by atoms with Gasteiger partial charge in [0, 0.05) is 44.0 Å². The Bertz CT molecular complexity index is 871. The molecule has 1 saturated heterocycles. The molecule has 3 aliphatic rings. The second kappa shape index (κ2) is 9.90. The topological polar surface area (TPSA) is 92.3 Å². The number of benzene rings is 1. The van der Waals surface area contributed by atoms with Gasteiger partial charge in [0.1, 0.15) is 11.7 Å². The molecule has 5 N–H and O–H groups in total. The Balaban J connectivity index is 1.41. The van der Waals surface area contributed by atoms with Crippen LogP contribution in [-0.4, -0.2) is 42.9 Å². The highest BCUT2D eigenvalue weighted by Gasteiger charge is 2.26. The number of anilines is 1. The highest BCUT2D eigenvalue weighted by Crippen LogP contribution is 2.30. The van der Waals surface area contributed by atoms with Crippen LogP contribution in [0, 0.1) is 5.41 Å². The SMILES string of the molecule is CN/C(=C1/C=CNC1=N)N1CCCC(c2cccc(NC(=O)NC3CCCCC3)c2)C1. The first kappa shape index (κ1) is 21.3. The first-order valence-corrected chi connectivity index (χ1v) is 11.5. The summed E-state index contributed by atoms with van der Waals surface area (Å²) in [5.74, 6) is 1.81. The summed E-state index contributed by atoms with van der Waals surface area (Å²) in [4.78, 5) is 14.8. The molecule has 1 atom stereocenters. The predicted octanol–water partition coefficient (Wildman–Crippen LogP) is 3.85. The maximum Gasteiger partial charge on any atom is 0.319 e. The van der Waals surface area contributed by atoms with Gasteiger partial charge in [-0.2, -0.15) is 0 Å². The Kier molecular flexibility index (Phi) is 6.79. The van der Waals surface area contributed by atoms with Gasteiger partial charge in [-0.1, -0.05) is 31.4 Å². The number of nitrogens with one attached hydrogen (secondary N) is 5. The number of nitrogens with zero attached hydrogens (tertiary/aromatic N) is 1. The van der Waals surface area contributed by atoms with Crippen LogP contribution in [0.2, 0.25) is 0 Å². The van der Waals surface area contributed by atoms with Crippen molar-refractivity contribution in [1.29, 1.82) is 5.41 Å². The van der Waals surface area contributed by atoms with Crippen LogP contribution in [0.15, 0.2) is 47.9 Å². The largest absolute Gasteiger partial charge is 0.374 e. The Labute approximate surface area is 184 Å². The van der Waals surface area contributed by atoms with Crippen LogP contribution >= 0.6 is 0 Å². The van der Waals surface area contributed by atoms with Crippen molar-refractivity contribution in [2.45, 2.75) is 56.9 Å². The van der Waals surface area contributed by atoms with Crippen molar-refractivity contribution in [3.05, 3.63) is 53.5 Å². The van der Waals surface area contributed by atoms with E-state index >= 15 is 0 Å². The number of rotatable bonds is 5. The average molecular weight is 423 g/mol. The zero-order valence-electron chi connectivity index (χ0n) is 18.3. The zero-order valence-corrected chi connectivity index (χ0v) is 18.3. The summed E-state index contributed by atoms with van der Waals surface area (Å²) in [5.41, 5.74) is 2.99. The van der Waals surface area contributed by atoms with Crippen molar-refractivity contribution < 1.29 is 4.79 Å². The van der Waals surface area contributed by atoms with Crippen LogP contribution in [0.5, 0.6) is 0 Å². The smallest absolute Gasteiger partial charge is 0.319 e. The van der Waals surface area contributed by atoms with E-state index in [1.165, 1.54) is 24.8 Å². The van der Waals surface area contributed by atoms with Gasteiger partial charge in [0.25, 0.3) is 0 Å². The molecule has 2 heterocycles. The fraction of sp³-hybridized carbons (Fsp3) is 0.500. The molecule has 1 aromatic rings. The molecule has 2 aliphatic heterocycles. The van der Waals surface area contributed by atoms with Gasteiger partial charge in [0.15, 0.2) is 0 Å². The van der Waals surface area contributed by atoms with E-state index in [0.717, 1.165) is 55.9 Å². The molecular weight excluding hydrogens is 388 g/mol. The molecule has 2 fully saturated rings. The predicted molar refractivity (Wildman–Crippen MR) is 125 cm³/mol. The maximum absolute atomic E-state index is 12.4. The Morgan fingerprint density at radius 2 is 2.00 bits per heavy atom. The van der Waals surface area contributed by atoms with Crippen LogP contribution in [0.25, 0.3) is 0 Å². The van der Waals surface area contributed by atoms with E-state index in [9.17, 15) is 4.79 Å². The number of urea groups is 1. The van der Waals surface area contributed by atoms with Crippen LogP contribution in [0.3, 0.4) is 0 Å². The molecule has 31 heavy (non-hydrogen) atoms. The minimum absolute atomic E-state index is 0.101. The number of piperidine rings is 1. The van der Waals surface area contributed by atoms with Gasteiger partial charge in [0.05, 0.1) is 5.57 Å². The van der Waals surface area contributed by atoms with E-state index in [2.05, 4.69) is 38.3 Å². The van der Waals surface area contributed by atoms with Crippen molar-refractivity contribution in [1.82, 2.24) is 20.9 Å². The summed E-state index contributed by atoms with van der Waals surface area (Å²) in [6, 6.07) is 8.46. The third-order valence-electron chi connectivity index (χ3n) is 6.53. The molecule has 0 bridgehead atoms. The van der Waals surface area contributed by atoms with Gasteiger partial charge < -0.3 is 26.2 Å². The minimum Gasteiger partial charge on any atom is -0.374 e. The lowest BCUT2D eigenvalue weighted by atomic mass is 9.90. The van der Waals surface area contributed by atoms with Crippen molar-refractivity contribution in [3.63, 3.8) is 0 Å². The molecule has 1 unspecified atom stereocenters. The first-order valence-electron chi connectivity index (χ1n) is 11.5. The number of likely N-dealkylation sites (tertiary alicyclic amines) is 1. The number of carbonyl (C=O) groups excluding carboxylic acids is 1. The molecule has 166 valence electrons. The number of carbonyl (C=O) groups is 1. The summed E-state index contributed by atoms with van der Waals surface area (Å²) in [7, 11) is 1.92. The van der Waals surface area contributed by atoms with Gasteiger partial charge in [-0.15, -0.1) is 0 Å². The van der Waals surface area contributed by atoms with E-state index in [0.29, 0.717) is 17.8 Å². The third kappa shape index (κ3) is 5.21. The monoisotopic (exact) mass is 422 g/mol. The van der Waals surface area contributed by atoms with Crippen molar-refractivity contribution in [2.24, 2.45) is 0 Å². The van der Waals surface area contributed by atoms with Crippen LogP contribution < -0.4 is 21.3 Å². The van der Waals surface area contributed by atoms with Crippen LogP contribution in [-0.2, 0) is 0 Å². The molecule has 1 aromatic carbocycles. The molecule has 7 heteroatoms. The highest BCUT2D eigenvalue weighted by molar-refractivity contribution is 6.02. The summed E-state index contributed by atoms with van der Waals surface area (Å²) in [6.07, 6.45) is 11.8. The van der Waals surface area contributed by atoms with Crippen LogP contribution in [0.1, 0.15) is 56.4 Å². The number of amides is 2. The standard InChI is InChI=1S/C24H34N6O/c1-26-23(21-12-13-27-22(21)25)30-14-6-8-18(16-30)17-7-5-11-20(15-17)29-24(31)28-19-9-3-2-4-10-19/h5,7,11-13,15,18-19,26H,2-4,6,8-10,14,16H2,1H3,(H2,25,27)(H2,28,29,31)/b23-21+. The van der Waals surface area contributed by atoms with E-state index in [1.54, 1.807) is 0 Å². The van der Waals surface area contributed by atoms with Gasteiger partial charge >= 0.3 is 6.03 Å². The Morgan fingerprint density at radius 3 is 2.74 bits per heavy atom. The molecule has 1 saturated carbocycles. The fourth-order valence-electron chi connectivity index (χ4n) is 4.95. The molecule has 0 radical (unpaired) electrons.